The Bertz CT molecular complexity index is 1460. The van der Waals surface area contributed by atoms with Gasteiger partial charge < -0.3 is 14.8 Å². The van der Waals surface area contributed by atoms with Crippen LogP contribution in [0.5, 0.6) is 11.5 Å². The van der Waals surface area contributed by atoms with Crippen LogP contribution in [-0.4, -0.2) is 35.1 Å². The fourth-order valence-electron chi connectivity index (χ4n) is 3.61. The molecule has 0 radical (unpaired) electrons. The van der Waals surface area contributed by atoms with Gasteiger partial charge in [-0.2, -0.15) is 0 Å². The lowest BCUT2D eigenvalue weighted by molar-refractivity contribution is -0.127. The standard InChI is InChI=1S/C28H23Cl3N2O5S/c1-3-37-23-11-18(10-22(31)26(23)38-15-17-5-7-19(29)8-6-17)12-24-27(35)33(28(36)39-24)14-25(34)32-20-9-4-16(2)21(30)13-20/h4-13H,3,14-15H2,1-2H3,(H,32,34)/b24-12+. The summed E-state index contributed by atoms with van der Waals surface area (Å²) < 4.78 is 11.7. The number of nitrogens with one attached hydrogen (secondary N) is 1. The zero-order valence-electron chi connectivity index (χ0n) is 20.9. The SMILES string of the molecule is CCOc1cc(/C=C2/SC(=O)N(CC(=O)Nc3ccc(C)c(Cl)c3)C2=O)cc(Cl)c1OCc1ccc(Cl)cc1. The summed E-state index contributed by atoms with van der Waals surface area (Å²) in [6.45, 7) is 3.83. The Hall–Kier alpha value is -3.17. The van der Waals surface area contributed by atoms with Gasteiger partial charge in [-0.3, -0.25) is 19.3 Å². The van der Waals surface area contributed by atoms with Crippen LogP contribution in [0.1, 0.15) is 23.6 Å². The van der Waals surface area contributed by atoms with Gasteiger partial charge >= 0.3 is 0 Å². The van der Waals surface area contributed by atoms with Gasteiger partial charge in [0.2, 0.25) is 5.91 Å². The molecule has 0 unspecified atom stereocenters. The Balaban J connectivity index is 1.48. The van der Waals surface area contributed by atoms with E-state index in [0.717, 1.165) is 27.8 Å². The summed E-state index contributed by atoms with van der Waals surface area (Å²) in [4.78, 5) is 39.1. The topological polar surface area (TPSA) is 84.9 Å². The zero-order valence-corrected chi connectivity index (χ0v) is 24.0. The summed E-state index contributed by atoms with van der Waals surface area (Å²) in [5.41, 5.74) is 2.76. The summed E-state index contributed by atoms with van der Waals surface area (Å²) in [7, 11) is 0. The second kappa shape index (κ2) is 12.8. The number of ether oxygens (including phenoxy) is 2. The lowest BCUT2D eigenvalue weighted by atomic mass is 10.1. The number of aryl methyl sites for hydroxylation is 1. The number of carbonyl (C=O) groups excluding carboxylic acids is 3. The van der Waals surface area contributed by atoms with Crippen molar-refractivity contribution in [2.45, 2.75) is 20.5 Å². The monoisotopic (exact) mass is 604 g/mol. The number of amides is 3. The molecule has 0 spiro atoms. The van der Waals surface area contributed by atoms with Gasteiger partial charge in [0.15, 0.2) is 11.5 Å². The summed E-state index contributed by atoms with van der Waals surface area (Å²) >= 11 is 19.3. The van der Waals surface area contributed by atoms with Crippen LogP contribution in [0.25, 0.3) is 6.08 Å². The number of rotatable bonds is 9. The van der Waals surface area contributed by atoms with Crippen molar-refractivity contribution >= 4 is 75.4 Å². The minimum absolute atomic E-state index is 0.152. The Labute approximate surface area is 245 Å². The molecule has 1 fully saturated rings. The van der Waals surface area contributed by atoms with Crippen LogP contribution in [0.2, 0.25) is 15.1 Å². The maximum absolute atomic E-state index is 13.0. The van der Waals surface area contributed by atoms with Crippen LogP contribution in [-0.2, 0) is 16.2 Å². The Kier molecular flexibility index (Phi) is 9.45. The number of hydrogen-bond donors (Lipinski definition) is 1. The van der Waals surface area contributed by atoms with Crippen molar-refractivity contribution in [3.05, 3.63) is 91.3 Å². The lowest BCUT2D eigenvalue weighted by Gasteiger charge is -2.15. The third-order valence-corrected chi connectivity index (χ3v) is 7.40. The van der Waals surface area contributed by atoms with Gasteiger partial charge in [0.25, 0.3) is 11.1 Å². The molecule has 4 rings (SSSR count). The van der Waals surface area contributed by atoms with Gasteiger partial charge in [-0.05, 0) is 84.8 Å². The number of halogens is 3. The van der Waals surface area contributed by atoms with E-state index in [1.54, 1.807) is 42.5 Å². The molecule has 1 N–H and O–H groups in total. The van der Waals surface area contributed by atoms with Gasteiger partial charge in [-0.25, -0.2) is 0 Å². The van der Waals surface area contributed by atoms with E-state index in [0.29, 0.717) is 39.4 Å². The number of carbonyl (C=O) groups is 3. The minimum Gasteiger partial charge on any atom is -0.490 e. The van der Waals surface area contributed by atoms with Crippen LogP contribution >= 0.6 is 46.6 Å². The fraction of sp³-hybridized carbons (Fsp3) is 0.179. The third-order valence-electron chi connectivity index (χ3n) is 5.56. The molecular weight excluding hydrogens is 583 g/mol. The van der Waals surface area contributed by atoms with Crippen molar-refractivity contribution in [3.63, 3.8) is 0 Å². The normalized spacial score (nSPS) is 14.2. The van der Waals surface area contributed by atoms with Crippen LogP contribution in [0.4, 0.5) is 10.5 Å². The van der Waals surface area contributed by atoms with Crippen molar-refractivity contribution in [2.24, 2.45) is 0 Å². The number of hydrogen-bond acceptors (Lipinski definition) is 6. The van der Waals surface area contributed by atoms with Gasteiger partial charge in [-0.15, -0.1) is 0 Å². The van der Waals surface area contributed by atoms with E-state index in [2.05, 4.69) is 5.32 Å². The van der Waals surface area contributed by atoms with Crippen molar-refractivity contribution < 1.29 is 23.9 Å². The molecule has 7 nitrogen and oxygen atoms in total. The van der Waals surface area contributed by atoms with E-state index >= 15 is 0 Å². The van der Waals surface area contributed by atoms with Crippen LogP contribution in [0, 0.1) is 6.92 Å². The van der Waals surface area contributed by atoms with Crippen molar-refractivity contribution in [1.82, 2.24) is 4.90 Å². The summed E-state index contributed by atoms with van der Waals surface area (Å²) in [6, 6.07) is 15.6. The number of nitrogens with zero attached hydrogens (tertiary/aromatic N) is 1. The predicted octanol–water partition coefficient (Wildman–Crippen LogP) is 7.61. The average molecular weight is 606 g/mol. The third kappa shape index (κ3) is 7.28. The van der Waals surface area contributed by atoms with E-state index in [1.807, 2.05) is 26.0 Å². The molecule has 0 aromatic heterocycles. The quantitative estimate of drug-likeness (QED) is 0.253. The summed E-state index contributed by atoms with van der Waals surface area (Å²) in [5, 5.41) is 3.49. The molecule has 11 heteroatoms. The predicted molar refractivity (Wildman–Crippen MR) is 156 cm³/mol. The molecule has 0 atom stereocenters. The fourth-order valence-corrected chi connectivity index (χ4v) is 5.03. The average Bonchev–Trinajstić information content (AvgIpc) is 3.14. The second-order valence-corrected chi connectivity index (χ2v) is 10.7. The molecule has 202 valence electrons. The molecule has 0 aliphatic carbocycles. The molecule has 0 bridgehead atoms. The van der Waals surface area contributed by atoms with Crippen molar-refractivity contribution in [3.8, 4) is 11.5 Å². The van der Waals surface area contributed by atoms with E-state index in [-0.39, 0.29) is 16.5 Å². The Morgan fingerprint density at radius 2 is 1.74 bits per heavy atom. The van der Waals surface area contributed by atoms with Gasteiger partial charge in [0.05, 0.1) is 16.5 Å². The summed E-state index contributed by atoms with van der Waals surface area (Å²) in [6.07, 6.45) is 1.53. The molecule has 39 heavy (non-hydrogen) atoms. The van der Waals surface area contributed by atoms with Gasteiger partial charge in [0, 0.05) is 15.7 Å². The van der Waals surface area contributed by atoms with Gasteiger partial charge in [0.1, 0.15) is 13.2 Å². The maximum atomic E-state index is 13.0. The van der Waals surface area contributed by atoms with Crippen molar-refractivity contribution in [1.29, 1.82) is 0 Å². The molecule has 3 aromatic rings. The molecule has 3 amide bonds. The highest BCUT2D eigenvalue weighted by Crippen LogP contribution is 2.39. The first-order valence-corrected chi connectivity index (χ1v) is 13.7. The number of anilines is 1. The largest absolute Gasteiger partial charge is 0.490 e. The Morgan fingerprint density at radius 3 is 2.44 bits per heavy atom. The lowest BCUT2D eigenvalue weighted by Crippen LogP contribution is -2.36. The zero-order chi connectivity index (χ0) is 28.1. The number of thioether (sulfide) groups is 1. The van der Waals surface area contributed by atoms with E-state index in [4.69, 9.17) is 44.3 Å². The van der Waals surface area contributed by atoms with E-state index in [1.165, 1.54) is 6.08 Å². The number of imide groups is 1. The van der Waals surface area contributed by atoms with Gasteiger partial charge in [-0.1, -0.05) is 53.0 Å². The first-order chi connectivity index (χ1) is 18.6. The molecule has 0 saturated carbocycles. The molecule has 1 saturated heterocycles. The minimum atomic E-state index is -0.584. The van der Waals surface area contributed by atoms with Crippen LogP contribution in [0.3, 0.4) is 0 Å². The second-order valence-electron chi connectivity index (χ2n) is 8.46. The van der Waals surface area contributed by atoms with Crippen LogP contribution in [0.15, 0.2) is 59.5 Å². The first-order valence-electron chi connectivity index (χ1n) is 11.8. The maximum Gasteiger partial charge on any atom is 0.294 e. The Morgan fingerprint density at radius 1 is 1.00 bits per heavy atom. The first kappa shape index (κ1) is 28.8. The van der Waals surface area contributed by atoms with E-state index < -0.39 is 23.6 Å². The smallest absolute Gasteiger partial charge is 0.294 e. The van der Waals surface area contributed by atoms with Crippen molar-refractivity contribution in [2.75, 3.05) is 18.5 Å². The molecule has 1 heterocycles. The molecular formula is C28H23Cl3N2O5S. The highest BCUT2D eigenvalue weighted by molar-refractivity contribution is 8.18. The molecule has 1 aliphatic heterocycles. The highest BCUT2D eigenvalue weighted by Gasteiger charge is 2.36. The number of benzene rings is 3. The highest BCUT2D eigenvalue weighted by atomic mass is 35.5. The van der Waals surface area contributed by atoms with E-state index in [9.17, 15) is 14.4 Å². The summed E-state index contributed by atoms with van der Waals surface area (Å²) in [5.74, 6) is -0.367. The molecule has 1 aliphatic rings. The van der Waals surface area contributed by atoms with Crippen LogP contribution < -0.4 is 14.8 Å². The molecule has 3 aromatic carbocycles.